The number of rotatable bonds is 7. The van der Waals surface area contributed by atoms with Crippen LogP contribution in [-0.4, -0.2) is 62.7 Å². The zero-order valence-corrected chi connectivity index (χ0v) is 17.9. The maximum atomic E-state index is 4.90. The van der Waals surface area contributed by atoms with Gasteiger partial charge in [-0.25, -0.2) is 0 Å². The van der Waals surface area contributed by atoms with Crippen LogP contribution in [0.5, 0.6) is 0 Å². The lowest BCUT2D eigenvalue weighted by Crippen LogP contribution is -2.48. The third-order valence-corrected chi connectivity index (χ3v) is 6.51. The van der Waals surface area contributed by atoms with E-state index >= 15 is 0 Å². The Hall–Kier alpha value is -1.27. The molecule has 27 heavy (non-hydrogen) atoms. The number of guanidine groups is 1. The van der Waals surface area contributed by atoms with Crippen molar-refractivity contribution in [2.24, 2.45) is 10.9 Å². The summed E-state index contributed by atoms with van der Waals surface area (Å²) in [6.07, 6.45) is 6.48. The molecule has 152 valence electrons. The van der Waals surface area contributed by atoms with Crippen LogP contribution in [0.3, 0.4) is 0 Å². The molecule has 0 bridgehead atoms. The van der Waals surface area contributed by atoms with Gasteiger partial charge in [0.1, 0.15) is 0 Å². The molecule has 2 aliphatic heterocycles. The Balaban J connectivity index is 1.43. The molecule has 2 N–H and O–H groups in total. The standard InChI is InChI=1S/C21H37N5S/c1-3-22-21(23-16-18(2)17-25-11-5-4-6-12-25)24-19-9-13-26(14-10-19)20-8-7-15-27-20/h7-8,15,18-19H,3-6,9-14,16-17H2,1-2H3,(H2,22,23,24). The number of nitrogens with zero attached hydrogens (tertiary/aromatic N) is 3. The Kier molecular flexibility index (Phi) is 8.27. The molecule has 3 heterocycles. The van der Waals surface area contributed by atoms with E-state index in [4.69, 9.17) is 4.99 Å². The molecular formula is C21H37N5S. The van der Waals surface area contributed by atoms with Crippen LogP contribution in [0.25, 0.3) is 0 Å². The lowest BCUT2D eigenvalue weighted by molar-refractivity contribution is 0.203. The van der Waals surface area contributed by atoms with Crippen molar-refractivity contribution in [3.8, 4) is 0 Å². The second-order valence-corrected chi connectivity index (χ2v) is 8.97. The molecule has 1 aromatic rings. The molecule has 3 rings (SSSR count). The average molecular weight is 392 g/mol. The number of piperidine rings is 2. The molecule has 0 saturated carbocycles. The van der Waals surface area contributed by atoms with Crippen molar-refractivity contribution in [3.63, 3.8) is 0 Å². The van der Waals surface area contributed by atoms with Gasteiger partial charge in [0.05, 0.1) is 5.00 Å². The SMILES string of the molecule is CCNC(=NCC(C)CN1CCCCC1)NC1CCN(c2cccs2)CC1. The van der Waals surface area contributed by atoms with E-state index in [-0.39, 0.29) is 0 Å². The van der Waals surface area contributed by atoms with Crippen molar-refractivity contribution in [1.82, 2.24) is 15.5 Å². The molecule has 6 heteroatoms. The van der Waals surface area contributed by atoms with Crippen molar-refractivity contribution in [1.29, 1.82) is 0 Å². The van der Waals surface area contributed by atoms with E-state index in [2.05, 4.69) is 51.8 Å². The molecule has 0 amide bonds. The minimum Gasteiger partial charge on any atom is -0.363 e. The minimum absolute atomic E-state index is 0.524. The first-order valence-corrected chi connectivity index (χ1v) is 11.7. The Morgan fingerprint density at radius 2 is 2.00 bits per heavy atom. The number of aliphatic imine (C=N–C) groups is 1. The smallest absolute Gasteiger partial charge is 0.191 e. The highest BCUT2D eigenvalue weighted by atomic mass is 32.1. The van der Waals surface area contributed by atoms with Gasteiger partial charge in [-0.15, -0.1) is 11.3 Å². The predicted octanol–water partition coefficient (Wildman–Crippen LogP) is 3.39. The summed E-state index contributed by atoms with van der Waals surface area (Å²) in [7, 11) is 0. The highest BCUT2D eigenvalue weighted by Gasteiger charge is 2.21. The van der Waals surface area contributed by atoms with E-state index in [0.717, 1.165) is 32.1 Å². The monoisotopic (exact) mass is 391 g/mol. The summed E-state index contributed by atoms with van der Waals surface area (Å²) in [6.45, 7) is 12.3. The van der Waals surface area contributed by atoms with Crippen molar-refractivity contribution < 1.29 is 0 Å². The van der Waals surface area contributed by atoms with Gasteiger partial charge in [-0.05, 0) is 69.1 Å². The first kappa shape index (κ1) is 20.5. The van der Waals surface area contributed by atoms with Crippen LogP contribution in [0.1, 0.15) is 46.0 Å². The van der Waals surface area contributed by atoms with Gasteiger partial charge in [0, 0.05) is 38.8 Å². The molecule has 5 nitrogen and oxygen atoms in total. The largest absolute Gasteiger partial charge is 0.363 e. The Labute approximate surface area is 169 Å². The van der Waals surface area contributed by atoms with Crippen LogP contribution < -0.4 is 15.5 Å². The third kappa shape index (κ3) is 6.68. The van der Waals surface area contributed by atoms with Crippen molar-refractivity contribution in [2.75, 3.05) is 50.7 Å². The fraction of sp³-hybridized carbons (Fsp3) is 0.762. The highest BCUT2D eigenvalue weighted by molar-refractivity contribution is 7.14. The summed E-state index contributed by atoms with van der Waals surface area (Å²) >= 11 is 1.84. The lowest BCUT2D eigenvalue weighted by atomic mass is 10.1. The summed E-state index contributed by atoms with van der Waals surface area (Å²) in [6, 6.07) is 4.90. The van der Waals surface area contributed by atoms with E-state index in [1.165, 1.54) is 56.7 Å². The van der Waals surface area contributed by atoms with Crippen LogP contribution >= 0.6 is 11.3 Å². The van der Waals surface area contributed by atoms with E-state index < -0.39 is 0 Å². The Morgan fingerprint density at radius 3 is 2.67 bits per heavy atom. The minimum atomic E-state index is 0.524. The maximum absolute atomic E-state index is 4.90. The summed E-state index contributed by atoms with van der Waals surface area (Å²) in [4.78, 5) is 10.0. The number of hydrogen-bond donors (Lipinski definition) is 2. The van der Waals surface area contributed by atoms with Crippen molar-refractivity contribution in [3.05, 3.63) is 17.5 Å². The van der Waals surface area contributed by atoms with Gasteiger partial charge in [-0.3, -0.25) is 4.99 Å². The Bertz CT molecular complexity index is 545. The van der Waals surface area contributed by atoms with Gasteiger partial charge in [-0.2, -0.15) is 0 Å². The molecule has 1 unspecified atom stereocenters. The van der Waals surface area contributed by atoms with E-state index in [0.29, 0.717) is 12.0 Å². The summed E-state index contributed by atoms with van der Waals surface area (Å²) in [5.41, 5.74) is 0. The summed E-state index contributed by atoms with van der Waals surface area (Å²) in [5, 5.41) is 10.7. The van der Waals surface area contributed by atoms with Gasteiger partial charge in [-0.1, -0.05) is 13.3 Å². The third-order valence-electron chi connectivity index (χ3n) is 5.58. The lowest BCUT2D eigenvalue weighted by Gasteiger charge is -2.33. The fourth-order valence-electron chi connectivity index (χ4n) is 4.10. The molecule has 2 fully saturated rings. The summed E-state index contributed by atoms with van der Waals surface area (Å²) < 4.78 is 0. The molecule has 2 saturated heterocycles. The van der Waals surface area contributed by atoms with Gasteiger partial charge in [0.2, 0.25) is 0 Å². The summed E-state index contributed by atoms with van der Waals surface area (Å²) in [5.74, 6) is 1.61. The van der Waals surface area contributed by atoms with E-state index in [1.807, 2.05) is 11.3 Å². The highest BCUT2D eigenvalue weighted by Crippen LogP contribution is 2.24. The van der Waals surface area contributed by atoms with Gasteiger partial charge < -0.3 is 20.4 Å². The molecular weight excluding hydrogens is 354 g/mol. The van der Waals surface area contributed by atoms with Crippen molar-refractivity contribution in [2.45, 2.75) is 52.0 Å². The Morgan fingerprint density at radius 1 is 1.22 bits per heavy atom. The molecule has 1 aromatic heterocycles. The maximum Gasteiger partial charge on any atom is 0.191 e. The van der Waals surface area contributed by atoms with Crippen LogP contribution in [0, 0.1) is 5.92 Å². The molecule has 0 aliphatic carbocycles. The van der Waals surface area contributed by atoms with Crippen molar-refractivity contribution >= 4 is 22.3 Å². The number of hydrogen-bond acceptors (Lipinski definition) is 4. The predicted molar refractivity (Wildman–Crippen MR) is 118 cm³/mol. The number of anilines is 1. The molecule has 0 spiro atoms. The molecule has 2 aliphatic rings. The first-order chi connectivity index (χ1) is 13.2. The zero-order valence-electron chi connectivity index (χ0n) is 17.1. The molecule has 0 aromatic carbocycles. The van der Waals surface area contributed by atoms with E-state index in [1.54, 1.807) is 0 Å². The topological polar surface area (TPSA) is 42.9 Å². The normalized spacial score (nSPS) is 21.3. The number of thiophene rings is 1. The van der Waals surface area contributed by atoms with Crippen LogP contribution in [-0.2, 0) is 0 Å². The number of nitrogens with one attached hydrogen (secondary N) is 2. The fourth-order valence-corrected chi connectivity index (χ4v) is 4.88. The van der Waals surface area contributed by atoms with Crippen LogP contribution in [0.4, 0.5) is 5.00 Å². The second-order valence-electron chi connectivity index (χ2n) is 8.04. The number of likely N-dealkylation sites (tertiary alicyclic amines) is 1. The molecule has 1 atom stereocenters. The first-order valence-electron chi connectivity index (χ1n) is 10.8. The quantitative estimate of drug-likeness (QED) is 0.552. The molecule has 0 radical (unpaired) electrons. The van der Waals surface area contributed by atoms with Crippen LogP contribution in [0.2, 0.25) is 0 Å². The van der Waals surface area contributed by atoms with Crippen LogP contribution in [0.15, 0.2) is 22.5 Å². The second kappa shape index (κ2) is 10.9. The van der Waals surface area contributed by atoms with Gasteiger partial charge in [0.25, 0.3) is 0 Å². The average Bonchev–Trinajstić information content (AvgIpc) is 3.22. The van der Waals surface area contributed by atoms with Gasteiger partial charge in [0.15, 0.2) is 5.96 Å². The van der Waals surface area contributed by atoms with E-state index in [9.17, 15) is 0 Å². The van der Waals surface area contributed by atoms with Gasteiger partial charge >= 0.3 is 0 Å². The zero-order chi connectivity index (χ0) is 18.9.